The summed E-state index contributed by atoms with van der Waals surface area (Å²) in [6, 6.07) is 19.1. The molecular weight excluding hydrogens is 391 g/mol. The zero-order valence-electron chi connectivity index (χ0n) is 18.2. The average molecular weight is 418 g/mol. The highest BCUT2D eigenvalue weighted by atomic mass is 32.2. The number of benzene rings is 3. The van der Waals surface area contributed by atoms with Gasteiger partial charge in [0.25, 0.3) is 0 Å². The number of rotatable bonds is 4. The van der Waals surface area contributed by atoms with E-state index in [1.54, 1.807) is 6.92 Å². The molecule has 0 amide bonds. The van der Waals surface area contributed by atoms with Crippen molar-refractivity contribution in [1.82, 2.24) is 0 Å². The van der Waals surface area contributed by atoms with Crippen molar-refractivity contribution in [1.29, 1.82) is 0 Å². The van der Waals surface area contributed by atoms with E-state index in [9.17, 15) is 4.79 Å². The summed E-state index contributed by atoms with van der Waals surface area (Å²) in [5, 5.41) is 4.91. The van der Waals surface area contributed by atoms with Crippen molar-refractivity contribution >= 4 is 51.6 Å². The summed E-state index contributed by atoms with van der Waals surface area (Å²) < 4.78 is 12.6. The van der Waals surface area contributed by atoms with Gasteiger partial charge in [-0.25, -0.2) is 0 Å². The Morgan fingerprint density at radius 1 is 0.933 bits per heavy atom. The molecule has 3 aromatic carbocycles. The van der Waals surface area contributed by atoms with E-state index < -0.39 is 18.3 Å². The van der Waals surface area contributed by atoms with Gasteiger partial charge in [0, 0.05) is 12.7 Å². The molecule has 0 saturated carbocycles. The van der Waals surface area contributed by atoms with Gasteiger partial charge in [-0.05, 0) is 66.3 Å². The Balaban J connectivity index is 1.85. The van der Waals surface area contributed by atoms with E-state index in [1.807, 2.05) is 27.7 Å². The third-order valence-corrected chi connectivity index (χ3v) is 7.02. The van der Waals surface area contributed by atoms with Gasteiger partial charge in [0.1, 0.15) is 0 Å². The maximum absolute atomic E-state index is 11.7. The Morgan fingerprint density at radius 3 is 2.13 bits per heavy atom. The van der Waals surface area contributed by atoms with Gasteiger partial charge in [0.15, 0.2) is 5.12 Å². The van der Waals surface area contributed by atoms with Crippen LogP contribution in [0.3, 0.4) is 0 Å². The molecule has 0 bridgehead atoms. The molecule has 3 aromatic rings. The topological polar surface area (TPSA) is 35.5 Å². The van der Waals surface area contributed by atoms with Crippen molar-refractivity contribution < 1.29 is 14.1 Å². The maximum atomic E-state index is 11.7. The summed E-state index contributed by atoms with van der Waals surface area (Å²) >= 11 is 1.29. The second-order valence-electron chi connectivity index (χ2n) is 8.82. The molecule has 1 fully saturated rings. The average Bonchev–Trinajstić information content (AvgIpc) is 2.92. The molecule has 30 heavy (non-hydrogen) atoms. The standard InChI is InChI=1S/C25H27BO3S/c1-17(27)30-16-20(26-28-24(2,3)25(4,5)29-26)15-19-14-18-10-6-7-11-21(18)23-13-9-8-12-22(19)23/h6-15H,16H2,1-5H3. The summed E-state index contributed by atoms with van der Waals surface area (Å²) in [6.45, 7) is 9.79. The van der Waals surface area contributed by atoms with Crippen LogP contribution < -0.4 is 0 Å². The number of carbonyl (C=O) groups excluding carboxylic acids is 1. The molecule has 0 aliphatic carbocycles. The minimum Gasteiger partial charge on any atom is -0.400 e. The lowest BCUT2D eigenvalue weighted by Crippen LogP contribution is -2.41. The molecule has 0 radical (unpaired) electrons. The fraction of sp³-hybridized carbons (Fsp3) is 0.320. The molecule has 1 heterocycles. The first-order chi connectivity index (χ1) is 14.2. The predicted octanol–water partition coefficient (Wildman–Crippen LogP) is 6.29. The van der Waals surface area contributed by atoms with Crippen molar-refractivity contribution in [3.8, 4) is 0 Å². The molecule has 0 unspecified atom stereocenters. The van der Waals surface area contributed by atoms with E-state index in [2.05, 4.69) is 60.7 Å². The number of hydrogen-bond acceptors (Lipinski definition) is 4. The lowest BCUT2D eigenvalue weighted by molar-refractivity contribution is -0.109. The zero-order chi connectivity index (χ0) is 21.5. The van der Waals surface area contributed by atoms with Gasteiger partial charge in [-0.3, -0.25) is 4.79 Å². The lowest BCUT2D eigenvalue weighted by Gasteiger charge is -2.32. The smallest absolute Gasteiger partial charge is 0.400 e. The maximum Gasteiger partial charge on any atom is 0.491 e. The number of thioether (sulfide) groups is 1. The van der Waals surface area contributed by atoms with E-state index in [0.29, 0.717) is 5.75 Å². The molecule has 154 valence electrons. The molecule has 4 rings (SSSR count). The van der Waals surface area contributed by atoms with Crippen LogP contribution in [0.15, 0.2) is 60.1 Å². The monoisotopic (exact) mass is 418 g/mol. The van der Waals surface area contributed by atoms with Crippen LogP contribution in [0.4, 0.5) is 0 Å². The molecule has 1 aliphatic heterocycles. The molecule has 0 aromatic heterocycles. The number of hydrogen-bond donors (Lipinski definition) is 0. The number of fused-ring (bicyclic) bond motifs is 3. The van der Waals surface area contributed by atoms with Crippen molar-refractivity contribution in [2.24, 2.45) is 0 Å². The first-order valence-electron chi connectivity index (χ1n) is 10.3. The van der Waals surface area contributed by atoms with Crippen LogP contribution in [0.1, 0.15) is 40.2 Å². The molecule has 0 atom stereocenters. The van der Waals surface area contributed by atoms with Gasteiger partial charge >= 0.3 is 7.12 Å². The molecule has 5 heteroatoms. The highest BCUT2D eigenvalue weighted by molar-refractivity contribution is 8.13. The molecule has 0 N–H and O–H groups in total. The van der Waals surface area contributed by atoms with E-state index >= 15 is 0 Å². The highest BCUT2D eigenvalue weighted by Crippen LogP contribution is 2.40. The van der Waals surface area contributed by atoms with Crippen LogP contribution in [0.2, 0.25) is 0 Å². The summed E-state index contributed by atoms with van der Waals surface area (Å²) in [7, 11) is -0.480. The largest absolute Gasteiger partial charge is 0.491 e. The Bertz CT molecular complexity index is 1130. The summed E-state index contributed by atoms with van der Waals surface area (Å²) in [4.78, 5) is 11.7. The van der Waals surface area contributed by atoms with E-state index in [4.69, 9.17) is 9.31 Å². The van der Waals surface area contributed by atoms with Crippen LogP contribution in [0.5, 0.6) is 0 Å². The van der Waals surface area contributed by atoms with E-state index in [1.165, 1.54) is 33.3 Å². The second kappa shape index (κ2) is 7.88. The van der Waals surface area contributed by atoms with Crippen LogP contribution in [0.25, 0.3) is 27.6 Å². The molecule has 0 spiro atoms. The zero-order valence-corrected chi connectivity index (χ0v) is 19.0. The fourth-order valence-corrected chi connectivity index (χ4v) is 4.35. The fourth-order valence-electron chi connectivity index (χ4n) is 3.76. The minimum atomic E-state index is -0.480. The third kappa shape index (κ3) is 3.94. The molecule has 3 nitrogen and oxygen atoms in total. The van der Waals surface area contributed by atoms with Gasteiger partial charge in [-0.15, -0.1) is 0 Å². The van der Waals surface area contributed by atoms with Gasteiger partial charge in [0.2, 0.25) is 0 Å². The second-order valence-corrected chi connectivity index (χ2v) is 9.97. The molecule has 1 aliphatic rings. The summed E-state index contributed by atoms with van der Waals surface area (Å²) in [5.41, 5.74) is 1.22. The Morgan fingerprint density at radius 2 is 1.50 bits per heavy atom. The van der Waals surface area contributed by atoms with Crippen LogP contribution in [-0.2, 0) is 14.1 Å². The van der Waals surface area contributed by atoms with E-state index in [0.717, 1.165) is 11.0 Å². The van der Waals surface area contributed by atoms with Crippen LogP contribution in [0, 0.1) is 0 Å². The van der Waals surface area contributed by atoms with Crippen molar-refractivity contribution in [2.75, 3.05) is 5.75 Å². The number of carbonyl (C=O) groups is 1. The van der Waals surface area contributed by atoms with Crippen molar-refractivity contribution in [2.45, 2.75) is 45.8 Å². The Hall–Kier alpha value is -2.08. The lowest BCUT2D eigenvalue weighted by atomic mass is 9.77. The van der Waals surface area contributed by atoms with Crippen LogP contribution >= 0.6 is 11.8 Å². The van der Waals surface area contributed by atoms with Gasteiger partial charge in [-0.2, -0.15) is 0 Å². The molecular formula is C25H27BO3S. The van der Waals surface area contributed by atoms with Crippen molar-refractivity contribution in [3.05, 3.63) is 65.6 Å². The predicted molar refractivity (Wildman–Crippen MR) is 129 cm³/mol. The van der Waals surface area contributed by atoms with Gasteiger partial charge < -0.3 is 9.31 Å². The third-order valence-electron chi connectivity index (χ3n) is 6.14. The van der Waals surface area contributed by atoms with Gasteiger partial charge in [0.05, 0.1) is 11.2 Å². The molecule has 1 saturated heterocycles. The summed E-state index contributed by atoms with van der Waals surface area (Å²) in [5.74, 6) is 0.535. The van der Waals surface area contributed by atoms with Crippen LogP contribution in [-0.4, -0.2) is 29.2 Å². The highest BCUT2D eigenvalue weighted by Gasteiger charge is 2.52. The SMILES string of the molecule is CC(=O)SCC(=Cc1cc2ccccc2c2ccccc12)B1OC(C)(C)C(C)(C)O1. The minimum absolute atomic E-state index is 0.0841. The summed E-state index contributed by atoms with van der Waals surface area (Å²) in [6.07, 6.45) is 2.15. The normalized spacial score (nSPS) is 18.3. The van der Waals surface area contributed by atoms with Gasteiger partial charge in [-0.1, -0.05) is 66.4 Å². The Kier molecular flexibility index (Phi) is 5.56. The first kappa shape index (κ1) is 21.2. The quantitative estimate of drug-likeness (QED) is 0.369. The van der Waals surface area contributed by atoms with E-state index in [-0.39, 0.29) is 5.12 Å². The Labute approximate surface area is 183 Å². The van der Waals surface area contributed by atoms with Crippen molar-refractivity contribution in [3.63, 3.8) is 0 Å². The first-order valence-corrected chi connectivity index (χ1v) is 11.3.